The van der Waals surface area contributed by atoms with Crippen molar-refractivity contribution >= 4 is 28.9 Å². The first kappa shape index (κ1) is 18.1. The molecule has 2 rings (SSSR count). The van der Waals surface area contributed by atoms with Crippen molar-refractivity contribution in [2.24, 2.45) is 5.73 Å². The number of carbonyl (C=O) groups excluding carboxylic acids is 1. The number of nitrogen functional groups attached to an aromatic ring is 1. The first-order valence-electron chi connectivity index (χ1n) is 6.95. The summed E-state index contributed by atoms with van der Waals surface area (Å²) in [7, 11) is 4.16. The minimum Gasteiger partial charge on any atom is -0.493 e. The van der Waals surface area contributed by atoms with Gasteiger partial charge in [0.1, 0.15) is 11.1 Å². The molecule has 1 aromatic carbocycles. The molecule has 0 aliphatic rings. The highest BCUT2D eigenvalue weighted by atomic mass is 32.1. The van der Waals surface area contributed by atoms with E-state index in [0.29, 0.717) is 22.7 Å². The number of nitriles is 1. The molecule has 9 heteroatoms. The Kier molecular flexibility index (Phi) is 5.14. The number of anilines is 1. The van der Waals surface area contributed by atoms with Crippen LogP contribution in [0.2, 0.25) is 0 Å². The number of methoxy groups -OCH3 is 3. The average Bonchev–Trinajstić information content (AvgIpc) is 2.95. The standard InChI is InChI=1S/C16H16N4O4S/c1-22-11-4-9(15(19)25)10(5-12(11)23-2)20-7-8(6-17)13(18)14(20)16(21)24-3/h4-5,7H,18H2,1-3H3,(H2,19,25). The number of hydrogen-bond donors (Lipinski definition) is 2. The van der Waals surface area contributed by atoms with E-state index in [1.54, 1.807) is 12.1 Å². The summed E-state index contributed by atoms with van der Waals surface area (Å²) in [5.74, 6) is 0.0936. The van der Waals surface area contributed by atoms with Gasteiger partial charge in [0.15, 0.2) is 17.2 Å². The lowest BCUT2D eigenvalue weighted by Gasteiger charge is -2.16. The monoisotopic (exact) mass is 360 g/mol. The molecule has 2 aromatic rings. The maximum Gasteiger partial charge on any atom is 0.357 e. The van der Waals surface area contributed by atoms with Crippen molar-refractivity contribution in [1.29, 1.82) is 5.26 Å². The molecule has 0 spiro atoms. The Hall–Kier alpha value is -3.25. The van der Waals surface area contributed by atoms with Crippen LogP contribution in [0.4, 0.5) is 5.69 Å². The third-order valence-corrected chi connectivity index (χ3v) is 3.79. The van der Waals surface area contributed by atoms with Crippen LogP contribution < -0.4 is 20.9 Å². The van der Waals surface area contributed by atoms with Crippen molar-refractivity contribution in [3.05, 3.63) is 35.2 Å². The van der Waals surface area contributed by atoms with Crippen LogP contribution in [0, 0.1) is 11.3 Å². The Morgan fingerprint density at radius 2 is 1.84 bits per heavy atom. The molecule has 0 aliphatic heterocycles. The van der Waals surface area contributed by atoms with E-state index < -0.39 is 5.97 Å². The van der Waals surface area contributed by atoms with Crippen LogP contribution in [0.15, 0.2) is 18.3 Å². The summed E-state index contributed by atoms with van der Waals surface area (Å²) in [4.78, 5) is 12.2. The number of nitrogens with zero attached hydrogens (tertiary/aromatic N) is 2. The Balaban J connectivity index is 2.88. The van der Waals surface area contributed by atoms with Crippen LogP contribution >= 0.6 is 12.2 Å². The molecule has 0 atom stereocenters. The molecule has 0 saturated heterocycles. The van der Waals surface area contributed by atoms with Gasteiger partial charge in [0, 0.05) is 17.8 Å². The molecule has 1 aromatic heterocycles. The van der Waals surface area contributed by atoms with Gasteiger partial charge in [-0.2, -0.15) is 5.26 Å². The molecule has 4 N–H and O–H groups in total. The molecule has 0 unspecified atom stereocenters. The summed E-state index contributed by atoms with van der Waals surface area (Å²) in [6.07, 6.45) is 1.41. The molecule has 25 heavy (non-hydrogen) atoms. The highest BCUT2D eigenvalue weighted by Crippen LogP contribution is 2.35. The quantitative estimate of drug-likeness (QED) is 0.605. The highest BCUT2D eigenvalue weighted by Gasteiger charge is 2.24. The number of hydrogen-bond acceptors (Lipinski definition) is 7. The number of rotatable bonds is 5. The molecule has 0 radical (unpaired) electrons. The van der Waals surface area contributed by atoms with Gasteiger partial charge in [0.05, 0.1) is 38.3 Å². The van der Waals surface area contributed by atoms with Crippen molar-refractivity contribution in [2.45, 2.75) is 0 Å². The SMILES string of the molecule is COC(=O)c1c(N)c(C#N)cn1-c1cc(OC)c(OC)cc1C(N)=S. The first-order chi connectivity index (χ1) is 11.9. The van der Waals surface area contributed by atoms with Gasteiger partial charge in [0.2, 0.25) is 0 Å². The van der Waals surface area contributed by atoms with Crippen LogP contribution in [0.25, 0.3) is 5.69 Å². The Bertz CT molecular complexity index is 899. The second-order valence-corrected chi connectivity index (χ2v) is 5.31. The molecule has 0 fully saturated rings. The predicted molar refractivity (Wildman–Crippen MR) is 95.2 cm³/mol. The van der Waals surface area contributed by atoms with Gasteiger partial charge in [-0.25, -0.2) is 4.79 Å². The molecule has 8 nitrogen and oxygen atoms in total. The van der Waals surface area contributed by atoms with Crippen molar-refractivity contribution in [3.63, 3.8) is 0 Å². The zero-order chi connectivity index (χ0) is 18.7. The average molecular weight is 360 g/mol. The largest absolute Gasteiger partial charge is 0.493 e. The summed E-state index contributed by atoms with van der Waals surface area (Å²) in [5, 5.41) is 9.23. The van der Waals surface area contributed by atoms with Gasteiger partial charge >= 0.3 is 5.97 Å². The van der Waals surface area contributed by atoms with Gasteiger partial charge < -0.3 is 30.2 Å². The van der Waals surface area contributed by atoms with E-state index in [9.17, 15) is 10.1 Å². The normalized spacial score (nSPS) is 10.0. The lowest BCUT2D eigenvalue weighted by atomic mass is 10.1. The van der Waals surface area contributed by atoms with Gasteiger partial charge in [0.25, 0.3) is 0 Å². The zero-order valence-electron chi connectivity index (χ0n) is 13.8. The van der Waals surface area contributed by atoms with E-state index in [-0.39, 0.29) is 21.9 Å². The number of ether oxygens (including phenoxy) is 3. The molecule has 0 amide bonds. The second-order valence-electron chi connectivity index (χ2n) is 4.87. The fraction of sp³-hybridized carbons (Fsp3) is 0.188. The van der Waals surface area contributed by atoms with Crippen molar-refractivity contribution < 1.29 is 19.0 Å². The van der Waals surface area contributed by atoms with Crippen LogP contribution in [0.3, 0.4) is 0 Å². The summed E-state index contributed by atoms with van der Waals surface area (Å²) in [5.41, 5.74) is 12.6. The van der Waals surface area contributed by atoms with E-state index in [2.05, 4.69) is 0 Å². The fourth-order valence-electron chi connectivity index (χ4n) is 2.37. The third-order valence-electron chi connectivity index (χ3n) is 3.57. The van der Waals surface area contributed by atoms with Crippen LogP contribution in [-0.4, -0.2) is 36.9 Å². The number of nitrogens with two attached hydrogens (primary N) is 2. The molecular formula is C16H16N4O4S. The number of carbonyl (C=O) groups is 1. The number of benzene rings is 1. The lowest BCUT2D eigenvalue weighted by Crippen LogP contribution is -2.17. The Morgan fingerprint density at radius 3 is 2.32 bits per heavy atom. The van der Waals surface area contributed by atoms with Crippen LogP contribution in [-0.2, 0) is 4.74 Å². The lowest BCUT2D eigenvalue weighted by molar-refractivity contribution is 0.0593. The van der Waals surface area contributed by atoms with Crippen molar-refractivity contribution in [2.75, 3.05) is 27.1 Å². The Labute approximate surface area is 149 Å². The van der Waals surface area contributed by atoms with Gasteiger partial charge in [-0.05, 0) is 6.07 Å². The van der Waals surface area contributed by atoms with E-state index in [0.717, 1.165) is 0 Å². The van der Waals surface area contributed by atoms with Crippen molar-refractivity contribution in [1.82, 2.24) is 4.57 Å². The zero-order valence-corrected chi connectivity index (χ0v) is 14.6. The molecule has 130 valence electrons. The van der Waals surface area contributed by atoms with E-state index >= 15 is 0 Å². The van der Waals surface area contributed by atoms with Crippen molar-refractivity contribution in [3.8, 4) is 23.3 Å². The number of esters is 1. The summed E-state index contributed by atoms with van der Waals surface area (Å²) >= 11 is 5.10. The van der Waals surface area contributed by atoms with Gasteiger partial charge in [-0.15, -0.1) is 0 Å². The second kappa shape index (κ2) is 7.11. The van der Waals surface area contributed by atoms with Gasteiger partial charge in [-0.3, -0.25) is 0 Å². The maximum absolute atomic E-state index is 12.2. The Morgan fingerprint density at radius 1 is 1.24 bits per heavy atom. The fourth-order valence-corrected chi connectivity index (χ4v) is 2.53. The minimum atomic E-state index is -0.706. The van der Waals surface area contributed by atoms with Crippen LogP contribution in [0.1, 0.15) is 21.6 Å². The summed E-state index contributed by atoms with van der Waals surface area (Å²) < 4.78 is 16.7. The molecule has 0 bridgehead atoms. The van der Waals surface area contributed by atoms with Crippen LogP contribution in [0.5, 0.6) is 11.5 Å². The maximum atomic E-state index is 12.2. The van der Waals surface area contributed by atoms with Gasteiger partial charge in [-0.1, -0.05) is 12.2 Å². The van der Waals surface area contributed by atoms with E-state index in [4.69, 9.17) is 37.9 Å². The minimum absolute atomic E-state index is 0.00183. The molecular weight excluding hydrogens is 344 g/mol. The third kappa shape index (κ3) is 3.07. The molecule has 1 heterocycles. The predicted octanol–water partition coefficient (Wildman–Crippen LogP) is 1.37. The number of thiocarbonyl (C=S) groups is 1. The summed E-state index contributed by atoms with van der Waals surface area (Å²) in [6.45, 7) is 0. The topological polar surface area (TPSA) is 126 Å². The first-order valence-corrected chi connectivity index (χ1v) is 7.35. The molecule has 0 saturated carbocycles. The van der Waals surface area contributed by atoms with E-state index in [1.807, 2.05) is 6.07 Å². The highest BCUT2D eigenvalue weighted by molar-refractivity contribution is 7.80. The summed E-state index contributed by atoms with van der Waals surface area (Å²) in [6, 6.07) is 5.10. The van der Waals surface area contributed by atoms with E-state index in [1.165, 1.54) is 32.1 Å². The number of aromatic nitrogens is 1. The smallest absolute Gasteiger partial charge is 0.357 e. The molecule has 0 aliphatic carbocycles.